The smallest absolute Gasteiger partial charge is 0.339 e. The van der Waals surface area contributed by atoms with Crippen molar-refractivity contribution in [1.82, 2.24) is 0 Å². The second kappa shape index (κ2) is 19.4. The number of hydrogen-bond donors (Lipinski definition) is 2. The molecule has 0 aliphatic carbocycles. The van der Waals surface area contributed by atoms with Gasteiger partial charge in [-0.1, -0.05) is 45.7 Å². The van der Waals surface area contributed by atoms with Gasteiger partial charge < -0.3 is 19.7 Å². The van der Waals surface area contributed by atoms with Crippen molar-refractivity contribution in [3.8, 4) is 0 Å². The highest BCUT2D eigenvalue weighted by Crippen LogP contribution is 2.12. The maximum absolute atomic E-state index is 11.9. The monoisotopic (exact) mass is 426 g/mol. The van der Waals surface area contributed by atoms with Gasteiger partial charge in [-0.2, -0.15) is 0 Å². The Balaban J connectivity index is 0. The average molecular weight is 427 g/mol. The van der Waals surface area contributed by atoms with Crippen LogP contribution in [0.4, 0.5) is 0 Å². The fraction of sp³-hybridized carbons (Fsp3) is 0.545. The topological polar surface area (TPSA) is 127 Å². The van der Waals surface area contributed by atoms with E-state index in [0.29, 0.717) is 19.6 Å². The molecule has 0 bridgehead atoms. The van der Waals surface area contributed by atoms with Crippen molar-refractivity contribution in [1.29, 1.82) is 0 Å². The number of esters is 2. The summed E-state index contributed by atoms with van der Waals surface area (Å²) >= 11 is 0. The van der Waals surface area contributed by atoms with Gasteiger partial charge in [0.2, 0.25) is 0 Å². The van der Waals surface area contributed by atoms with E-state index >= 15 is 0 Å². The normalized spacial score (nSPS) is 9.20. The number of carboxylic acids is 2. The molecule has 8 nitrogen and oxygen atoms in total. The molecule has 0 aliphatic rings. The summed E-state index contributed by atoms with van der Waals surface area (Å²) in [5.41, 5.74) is 0.537. The van der Waals surface area contributed by atoms with Crippen LogP contribution in [0.25, 0.3) is 0 Å². The van der Waals surface area contributed by atoms with Gasteiger partial charge >= 0.3 is 17.9 Å². The quantitative estimate of drug-likeness (QED) is 0.412. The maximum atomic E-state index is 11.9. The maximum Gasteiger partial charge on any atom is 0.339 e. The van der Waals surface area contributed by atoms with E-state index in [0.717, 1.165) is 39.0 Å². The number of hydrogen-bond acceptors (Lipinski definition) is 6. The highest BCUT2D eigenvalue weighted by atomic mass is 16.5. The van der Waals surface area contributed by atoms with Crippen molar-refractivity contribution in [2.24, 2.45) is 0 Å². The zero-order valence-corrected chi connectivity index (χ0v) is 18.3. The molecule has 1 aromatic carbocycles. The first-order valence-corrected chi connectivity index (χ1v) is 10.1. The molecule has 30 heavy (non-hydrogen) atoms. The van der Waals surface area contributed by atoms with Crippen molar-refractivity contribution in [3.05, 3.63) is 35.4 Å². The number of carbonyl (C=O) groups excluding carboxylic acids is 2. The van der Waals surface area contributed by atoms with Crippen LogP contribution in [0.15, 0.2) is 24.3 Å². The van der Waals surface area contributed by atoms with E-state index in [4.69, 9.17) is 24.5 Å². The van der Waals surface area contributed by atoms with Crippen molar-refractivity contribution in [3.63, 3.8) is 0 Å². The molecule has 170 valence electrons. The van der Waals surface area contributed by atoms with Crippen LogP contribution in [-0.4, -0.2) is 47.3 Å². The molecule has 0 radical (unpaired) electrons. The molecule has 0 spiro atoms. The number of carboxylic acid groups (broad SMARTS) is 2. The van der Waals surface area contributed by atoms with E-state index in [9.17, 15) is 14.4 Å². The number of rotatable bonds is 10. The molecule has 0 fully saturated rings. The first-order valence-electron chi connectivity index (χ1n) is 10.1. The van der Waals surface area contributed by atoms with Crippen molar-refractivity contribution < 1.29 is 38.9 Å². The van der Waals surface area contributed by atoms with Gasteiger partial charge in [-0.25, -0.2) is 9.59 Å². The summed E-state index contributed by atoms with van der Waals surface area (Å²) in [6, 6.07) is 6.59. The van der Waals surface area contributed by atoms with Crippen molar-refractivity contribution in [2.75, 3.05) is 13.2 Å². The predicted molar refractivity (Wildman–Crippen MR) is 113 cm³/mol. The number of unbranched alkanes of at least 4 members (excludes halogenated alkanes) is 2. The number of carbonyl (C=O) groups is 4. The van der Waals surface area contributed by atoms with E-state index in [2.05, 4.69) is 0 Å². The molecule has 2 N–H and O–H groups in total. The molecule has 0 aliphatic heterocycles. The summed E-state index contributed by atoms with van der Waals surface area (Å²) in [7, 11) is 0. The lowest BCUT2D eigenvalue weighted by Crippen LogP contribution is -2.14. The molecule has 1 aromatic rings. The first-order chi connectivity index (χ1) is 14.2. The van der Waals surface area contributed by atoms with Crippen LogP contribution in [0, 0.1) is 0 Å². The lowest BCUT2D eigenvalue weighted by Gasteiger charge is -2.09. The van der Waals surface area contributed by atoms with Crippen molar-refractivity contribution >= 4 is 23.9 Å². The highest BCUT2D eigenvalue weighted by Gasteiger charge is 2.18. The van der Waals surface area contributed by atoms with E-state index in [1.54, 1.807) is 24.3 Å². The molecular formula is C22H34O8. The second-order valence-corrected chi connectivity index (χ2v) is 6.19. The Labute approximate surface area is 178 Å². The number of aliphatic carboxylic acids is 2. The van der Waals surface area contributed by atoms with E-state index in [-0.39, 0.29) is 11.1 Å². The first kappa shape index (κ1) is 29.3. The van der Waals surface area contributed by atoms with Crippen molar-refractivity contribution in [2.45, 2.75) is 66.2 Å². The van der Waals surface area contributed by atoms with Gasteiger partial charge in [-0.3, -0.25) is 9.59 Å². The van der Waals surface area contributed by atoms with E-state index < -0.39 is 23.9 Å². The molecule has 0 saturated heterocycles. The minimum atomic E-state index is -0.833. The fourth-order valence-corrected chi connectivity index (χ4v) is 1.83. The van der Waals surface area contributed by atoms with Crippen LogP contribution < -0.4 is 0 Å². The molecule has 0 amide bonds. The Hall–Kier alpha value is -2.90. The summed E-state index contributed by atoms with van der Waals surface area (Å²) in [6.07, 6.45) is 4.56. The molecule has 8 heteroatoms. The van der Waals surface area contributed by atoms with Crippen LogP contribution in [0.2, 0.25) is 0 Å². The van der Waals surface area contributed by atoms with Gasteiger partial charge in [0.1, 0.15) is 0 Å². The lowest BCUT2D eigenvalue weighted by molar-refractivity contribution is -0.137. The average Bonchev–Trinajstić information content (AvgIpc) is 2.68. The predicted octanol–water partition coefficient (Wildman–Crippen LogP) is 4.56. The molecule has 0 atom stereocenters. The third-order valence-corrected chi connectivity index (χ3v) is 3.29. The number of ether oxygens (including phenoxy) is 2. The van der Waals surface area contributed by atoms with Crippen LogP contribution in [0.3, 0.4) is 0 Å². The summed E-state index contributed by atoms with van der Waals surface area (Å²) in [5.74, 6) is -2.49. The molecule has 0 unspecified atom stereocenters. The highest BCUT2D eigenvalue weighted by molar-refractivity contribution is 6.03. The summed E-state index contributed by atoms with van der Waals surface area (Å²) in [4.78, 5) is 42.5. The second-order valence-electron chi connectivity index (χ2n) is 6.19. The Kier molecular flexibility index (Phi) is 19.0. The van der Waals surface area contributed by atoms with Gasteiger partial charge in [0.05, 0.1) is 24.3 Å². The fourth-order valence-electron chi connectivity index (χ4n) is 1.83. The summed E-state index contributed by atoms with van der Waals surface area (Å²) < 4.78 is 10.3. The molecule has 0 heterocycles. The Bertz CT molecular complexity index is 595. The van der Waals surface area contributed by atoms with Gasteiger partial charge in [0.25, 0.3) is 5.97 Å². The molecule has 1 rings (SSSR count). The van der Waals surface area contributed by atoms with Crippen LogP contribution in [0.1, 0.15) is 86.9 Å². The molecule has 0 saturated carbocycles. The van der Waals surface area contributed by atoms with Gasteiger partial charge in [0.15, 0.2) is 0 Å². The largest absolute Gasteiger partial charge is 0.481 e. The number of benzene rings is 1. The third kappa shape index (κ3) is 17.2. The Morgan fingerprint density at radius 3 is 1.37 bits per heavy atom. The SMILES string of the molecule is CC(=O)O.CCCC(=O)O.CCCCOC(=O)c1ccccc1C(=O)OCCCC. The minimum absolute atomic E-state index is 0.269. The van der Waals surface area contributed by atoms with Gasteiger partial charge in [-0.05, 0) is 31.4 Å². The van der Waals surface area contributed by atoms with E-state index in [1.807, 2.05) is 20.8 Å². The standard InChI is InChI=1S/C16H22O4.C4H8O2.C2H4O2/c1-3-5-11-19-15(17)13-9-7-8-10-14(13)16(18)20-12-6-4-2;1-2-3-4(5)6;1-2(3)4/h7-10H,3-6,11-12H2,1-2H3;2-3H2,1H3,(H,5,6);1H3,(H,3,4). The van der Waals surface area contributed by atoms with E-state index in [1.165, 1.54) is 0 Å². The molecule has 0 aromatic heterocycles. The summed E-state index contributed by atoms with van der Waals surface area (Å²) in [6.45, 7) is 7.71. The Morgan fingerprint density at radius 2 is 1.13 bits per heavy atom. The minimum Gasteiger partial charge on any atom is -0.481 e. The zero-order chi connectivity index (χ0) is 23.4. The molecular weight excluding hydrogens is 392 g/mol. The Morgan fingerprint density at radius 1 is 0.767 bits per heavy atom. The van der Waals surface area contributed by atoms with Crippen LogP contribution in [-0.2, 0) is 19.1 Å². The summed E-state index contributed by atoms with van der Waals surface area (Å²) in [5, 5.41) is 15.3. The third-order valence-electron chi connectivity index (χ3n) is 3.29. The van der Waals surface area contributed by atoms with Gasteiger partial charge in [0, 0.05) is 13.3 Å². The van der Waals surface area contributed by atoms with Crippen LogP contribution in [0.5, 0.6) is 0 Å². The lowest BCUT2D eigenvalue weighted by atomic mass is 10.1. The zero-order valence-electron chi connectivity index (χ0n) is 18.3. The van der Waals surface area contributed by atoms with Gasteiger partial charge in [-0.15, -0.1) is 0 Å². The van der Waals surface area contributed by atoms with Crippen LogP contribution >= 0.6 is 0 Å².